The van der Waals surface area contributed by atoms with Crippen LogP contribution in [0, 0.1) is 0 Å². The van der Waals surface area contributed by atoms with E-state index in [-0.39, 0.29) is 11.9 Å². The molecule has 0 aliphatic carbocycles. The molecule has 1 aromatic carbocycles. The fourth-order valence-corrected chi connectivity index (χ4v) is 1.51. The molecule has 72 valence electrons. The second-order valence-electron chi connectivity index (χ2n) is 3.17. The Balaban J connectivity index is 2.63. The van der Waals surface area contributed by atoms with Crippen LogP contribution in [0.25, 0.3) is 0 Å². The highest BCUT2D eigenvalue weighted by Gasteiger charge is 2.01. The first-order chi connectivity index (χ1) is 6.09. The van der Waals surface area contributed by atoms with Crippen molar-refractivity contribution in [1.29, 1.82) is 0 Å². The maximum atomic E-state index is 9.22. The van der Waals surface area contributed by atoms with E-state index in [1.807, 2.05) is 12.1 Å². The number of benzene rings is 1. The minimum Gasteiger partial charge on any atom is -0.507 e. The number of halogens is 1. The van der Waals surface area contributed by atoms with Crippen LogP contribution in [0.15, 0.2) is 22.7 Å². The van der Waals surface area contributed by atoms with Crippen molar-refractivity contribution < 1.29 is 10.2 Å². The van der Waals surface area contributed by atoms with Gasteiger partial charge in [0.15, 0.2) is 0 Å². The van der Waals surface area contributed by atoms with Gasteiger partial charge in [-0.3, -0.25) is 0 Å². The molecule has 0 aliphatic heterocycles. The number of aryl methyl sites for hydroxylation is 1. The maximum Gasteiger partial charge on any atom is 0.129 e. The van der Waals surface area contributed by atoms with E-state index in [0.29, 0.717) is 4.47 Å². The number of phenolic OH excluding ortho intramolecular Hbond substituents is 1. The highest BCUT2D eigenvalue weighted by atomic mass is 79.9. The predicted octanol–water partition coefficient (Wildman–Crippen LogP) is 2.47. The van der Waals surface area contributed by atoms with Crippen molar-refractivity contribution >= 4 is 15.9 Å². The molecule has 0 heterocycles. The molecule has 0 spiro atoms. The molecule has 1 rings (SSSR count). The van der Waals surface area contributed by atoms with Gasteiger partial charge in [-0.15, -0.1) is 0 Å². The monoisotopic (exact) mass is 244 g/mol. The van der Waals surface area contributed by atoms with Gasteiger partial charge < -0.3 is 10.2 Å². The topological polar surface area (TPSA) is 40.5 Å². The van der Waals surface area contributed by atoms with Crippen molar-refractivity contribution in [2.75, 3.05) is 0 Å². The van der Waals surface area contributed by atoms with E-state index in [0.717, 1.165) is 18.4 Å². The van der Waals surface area contributed by atoms with Crippen molar-refractivity contribution in [3.63, 3.8) is 0 Å². The molecular weight excluding hydrogens is 232 g/mol. The molecule has 0 aromatic heterocycles. The molecule has 0 bridgehead atoms. The zero-order chi connectivity index (χ0) is 9.84. The van der Waals surface area contributed by atoms with Crippen LogP contribution in [-0.2, 0) is 6.42 Å². The summed E-state index contributed by atoms with van der Waals surface area (Å²) in [5.74, 6) is 0.251. The van der Waals surface area contributed by atoms with E-state index in [1.54, 1.807) is 13.0 Å². The van der Waals surface area contributed by atoms with E-state index < -0.39 is 0 Å². The largest absolute Gasteiger partial charge is 0.507 e. The highest BCUT2D eigenvalue weighted by Crippen LogP contribution is 2.24. The average Bonchev–Trinajstić information content (AvgIpc) is 2.07. The Morgan fingerprint density at radius 2 is 2.15 bits per heavy atom. The SMILES string of the molecule is CC(O)CCc1ccc(O)c(Br)c1. The first-order valence-corrected chi connectivity index (χ1v) is 5.04. The van der Waals surface area contributed by atoms with Crippen molar-refractivity contribution in [1.82, 2.24) is 0 Å². The van der Waals surface area contributed by atoms with Gasteiger partial charge in [0, 0.05) is 0 Å². The number of aliphatic hydroxyl groups is 1. The summed E-state index contributed by atoms with van der Waals surface area (Å²) >= 11 is 3.24. The number of rotatable bonds is 3. The lowest BCUT2D eigenvalue weighted by molar-refractivity contribution is 0.185. The van der Waals surface area contributed by atoms with Gasteiger partial charge in [0.05, 0.1) is 10.6 Å². The van der Waals surface area contributed by atoms with Crippen LogP contribution >= 0.6 is 15.9 Å². The van der Waals surface area contributed by atoms with Crippen molar-refractivity contribution in [3.05, 3.63) is 28.2 Å². The smallest absolute Gasteiger partial charge is 0.129 e. The average molecular weight is 245 g/mol. The van der Waals surface area contributed by atoms with Crippen molar-refractivity contribution in [2.24, 2.45) is 0 Å². The molecule has 1 aromatic rings. The molecule has 3 heteroatoms. The standard InChI is InChI=1S/C10H13BrO2/c1-7(12)2-3-8-4-5-10(13)9(11)6-8/h4-7,12-13H,2-3H2,1H3. The third-order valence-corrected chi connectivity index (χ3v) is 2.50. The minimum absolute atomic E-state index is 0.251. The molecule has 0 fully saturated rings. The Labute approximate surface area is 86.3 Å². The van der Waals surface area contributed by atoms with E-state index >= 15 is 0 Å². The molecular formula is C10H13BrO2. The second-order valence-corrected chi connectivity index (χ2v) is 4.03. The number of phenols is 1. The van der Waals surface area contributed by atoms with E-state index in [2.05, 4.69) is 15.9 Å². The van der Waals surface area contributed by atoms with Crippen LogP contribution in [0.2, 0.25) is 0 Å². The molecule has 0 saturated heterocycles. The van der Waals surface area contributed by atoms with Crippen LogP contribution in [0.3, 0.4) is 0 Å². The summed E-state index contributed by atoms with van der Waals surface area (Å²) in [5, 5.41) is 18.3. The maximum absolute atomic E-state index is 9.22. The molecule has 13 heavy (non-hydrogen) atoms. The van der Waals surface area contributed by atoms with Gasteiger partial charge in [-0.1, -0.05) is 6.07 Å². The molecule has 1 atom stereocenters. The molecule has 0 aliphatic rings. The molecule has 1 unspecified atom stereocenters. The summed E-state index contributed by atoms with van der Waals surface area (Å²) in [7, 11) is 0. The lowest BCUT2D eigenvalue weighted by Gasteiger charge is -2.05. The van der Waals surface area contributed by atoms with Gasteiger partial charge >= 0.3 is 0 Å². The summed E-state index contributed by atoms with van der Waals surface area (Å²) in [6.07, 6.45) is 1.31. The quantitative estimate of drug-likeness (QED) is 0.858. The van der Waals surface area contributed by atoms with Crippen molar-refractivity contribution in [3.8, 4) is 5.75 Å². The fraction of sp³-hybridized carbons (Fsp3) is 0.400. The zero-order valence-corrected chi connectivity index (χ0v) is 9.08. The number of hydrogen-bond acceptors (Lipinski definition) is 2. The van der Waals surface area contributed by atoms with Crippen LogP contribution in [-0.4, -0.2) is 16.3 Å². The Bertz CT molecular complexity index is 284. The first kappa shape index (κ1) is 10.5. The summed E-state index contributed by atoms with van der Waals surface area (Å²) < 4.78 is 0.704. The van der Waals surface area contributed by atoms with Gasteiger partial charge in [0.1, 0.15) is 5.75 Å². The van der Waals surface area contributed by atoms with Gasteiger partial charge in [-0.2, -0.15) is 0 Å². The van der Waals surface area contributed by atoms with E-state index in [4.69, 9.17) is 5.11 Å². The Kier molecular flexibility index (Phi) is 3.75. The summed E-state index contributed by atoms with van der Waals surface area (Å²) in [5.41, 5.74) is 1.12. The molecule has 0 amide bonds. The predicted molar refractivity (Wildman–Crippen MR) is 55.8 cm³/mol. The Morgan fingerprint density at radius 1 is 1.46 bits per heavy atom. The molecule has 0 saturated carbocycles. The zero-order valence-electron chi connectivity index (χ0n) is 7.50. The highest BCUT2D eigenvalue weighted by molar-refractivity contribution is 9.10. The van der Waals surface area contributed by atoms with Gasteiger partial charge in [-0.05, 0) is 53.4 Å². The second kappa shape index (κ2) is 4.63. The summed E-state index contributed by atoms with van der Waals surface area (Å²) in [6, 6.07) is 5.39. The lowest BCUT2D eigenvalue weighted by Crippen LogP contribution is -2.01. The van der Waals surface area contributed by atoms with E-state index in [9.17, 15) is 5.11 Å². The molecule has 2 nitrogen and oxygen atoms in total. The van der Waals surface area contributed by atoms with Gasteiger partial charge in [0.2, 0.25) is 0 Å². The van der Waals surface area contributed by atoms with E-state index in [1.165, 1.54) is 0 Å². The normalized spacial score (nSPS) is 12.8. The first-order valence-electron chi connectivity index (χ1n) is 4.25. The number of aromatic hydroxyl groups is 1. The van der Waals surface area contributed by atoms with Gasteiger partial charge in [0.25, 0.3) is 0 Å². The van der Waals surface area contributed by atoms with Crippen LogP contribution in [0.4, 0.5) is 0 Å². The third kappa shape index (κ3) is 3.36. The van der Waals surface area contributed by atoms with Crippen LogP contribution in [0.1, 0.15) is 18.9 Å². The van der Waals surface area contributed by atoms with Crippen LogP contribution < -0.4 is 0 Å². The molecule has 0 radical (unpaired) electrons. The Morgan fingerprint density at radius 3 is 2.69 bits per heavy atom. The van der Waals surface area contributed by atoms with Gasteiger partial charge in [-0.25, -0.2) is 0 Å². The summed E-state index contributed by atoms with van der Waals surface area (Å²) in [6.45, 7) is 1.77. The summed E-state index contributed by atoms with van der Waals surface area (Å²) in [4.78, 5) is 0. The van der Waals surface area contributed by atoms with Crippen molar-refractivity contribution in [2.45, 2.75) is 25.9 Å². The minimum atomic E-state index is -0.271. The van der Waals surface area contributed by atoms with Crippen LogP contribution in [0.5, 0.6) is 5.75 Å². The number of aliphatic hydroxyl groups excluding tert-OH is 1. The lowest BCUT2D eigenvalue weighted by atomic mass is 10.1. The Hall–Kier alpha value is -0.540. The molecule has 2 N–H and O–H groups in total. The third-order valence-electron chi connectivity index (χ3n) is 1.86. The number of hydrogen-bond donors (Lipinski definition) is 2. The fourth-order valence-electron chi connectivity index (χ4n) is 1.08.